The van der Waals surface area contributed by atoms with Crippen molar-refractivity contribution in [3.63, 3.8) is 0 Å². The zero-order valence-electron chi connectivity index (χ0n) is 12.1. The fourth-order valence-electron chi connectivity index (χ4n) is 2.66. The van der Waals surface area contributed by atoms with Crippen LogP contribution in [0.25, 0.3) is 0 Å². The minimum atomic E-state index is 0.0917. The standard InChI is InChI=1S/C17H17IN2O2/c18-14-4-1-3-13(11-14)17(22)20-9-7-19(8-10-20)15-5-2-6-16(21)12-15/h1-6,11-12,21H,7-10H2. The Morgan fingerprint density at radius 1 is 1.00 bits per heavy atom. The number of halogens is 1. The van der Waals surface area contributed by atoms with Crippen molar-refractivity contribution in [1.29, 1.82) is 0 Å². The first kappa shape index (κ1) is 15.1. The summed E-state index contributed by atoms with van der Waals surface area (Å²) in [5, 5.41) is 9.57. The molecule has 2 aromatic rings. The van der Waals surface area contributed by atoms with Crippen LogP contribution < -0.4 is 4.90 Å². The van der Waals surface area contributed by atoms with E-state index in [0.717, 1.165) is 27.9 Å². The molecule has 114 valence electrons. The number of rotatable bonds is 2. The zero-order chi connectivity index (χ0) is 15.5. The van der Waals surface area contributed by atoms with Crippen LogP contribution in [-0.2, 0) is 0 Å². The summed E-state index contributed by atoms with van der Waals surface area (Å²) in [6.07, 6.45) is 0. The van der Waals surface area contributed by atoms with Gasteiger partial charge in [0.2, 0.25) is 0 Å². The second-order valence-corrected chi connectivity index (χ2v) is 6.56. The molecule has 0 spiro atoms. The molecule has 0 aliphatic carbocycles. The average Bonchev–Trinajstić information content (AvgIpc) is 2.54. The summed E-state index contributed by atoms with van der Waals surface area (Å²) >= 11 is 2.22. The van der Waals surface area contributed by atoms with Gasteiger partial charge in [0, 0.05) is 47.1 Å². The van der Waals surface area contributed by atoms with Crippen molar-refractivity contribution in [2.24, 2.45) is 0 Å². The largest absolute Gasteiger partial charge is 0.508 e. The molecular formula is C17H17IN2O2. The van der Waals surface area contributed by atoms with E-state index in [9.17, 15) is 9.90 Å². The summed E-state index contributed by atoms with van der Waals surface area (Å²) < 4.78 is 1.07. The third-order valence-electron chi connectivity index (χ3n) is 3.83. The summed E-state index contributed by atoms with van der Waals surface area (Å²) in [6, 6.07) is 14.9. The number of amides is 1. The van der Waals surface area contributed by atoms with Crippen LogP contribution in [0.1, 0.15) is 10.4 Å². The summed E-state index contributed by atoms with van der Waals surface area (Å²) in [6.45, 7) is 2.94. The highest BCUT2D eigenvalue weighted by molar-refractivity contribution is 14.1. The quantitative estimate of drug-likeness (QED) is 0.778. The van der Waals surface area contributed by atoms with Gasteiger partial charge >= 0.3 is 0 Å². The monoisotopic (exact) mass is 408 g/mol. The third kappa shape index (κ3) is 3.35. The molecule has 0 saturated carbocycles. The summed E-state index contributed by atoms with van der Waals surface area (Å²) in [5.41, 5.74) is 1.75. The number of carbonyl (C=O) groups excluding carboxylic acids is 1. The third-order valence-corrected chi connectivity index (χ3v) is 4.50. The number of aromatic hydroxyl groups is 1. The van der Waals surface area contributed by atoms with Gasteiger partial charge in [-0.15, -0.1) is 0 Å². The minimum Gasteiger partial charge on any atom is -0.508 e. The molecule has 0 radical (unpaired) electrons. The molecule has 0 bridgehead atoms. The maximum atomic E-state index is 12.5. The van der Waals surface area contributed by atoms with Crippen LogP contribution in [0, 0.1) is 3.57 Å². The van der Waals surface area contributed by atoms with Crippen molar-refractivity contribution in [2.75, 3.05) is 31.1 Å². The van der Waals surface area contributed by atoms with E-state index in [2.05, 4.69) is 27.5 Å². The lowest BCUT2D eigenvalue weighted by Gasteiger charge is -2.36. The van der Waals surface area contributed by atoms with Crippen LogP contribution in [0.15, 0.2) is 48.5 Å². The van der Waals surface area contributed by atoms with Crippen molar-refractivity contribution < 1.29 is 9.90 Å². The van der Waals surface area contributed by atoms with Gasteiger partial charge in [0.15, 0.2) is 0 Å². The molecule has 1 amide bonds. The molecule has 3 rings (SSSR count). The lowest BCUT2D eigenvalue weighted by Crippen LogP contribution is -2.48. The van der Waals surface area contributed by atoms with Crippen LogP contribution in [0.4, 0.5) is 5.69 Å². The van der Waals surface area contributed by atoms with E-state index in [1.807, 2.05) is 41.3 Å². The van der Waals surface area contributed by atoms with Gasteiger partial charge in [0.05, 0.1) is 0 Å². The van der Waals surface area contributed by atoms with Gasteiger partial charge in [-0.2, -0.15) is 0 Å². The van der Waals surface area contributed by atoms with E-state index < -0.39 is 0 Å². The Labute approximate surface area is 143 Å². The molecule has 0 atom stereocenters. The number of nitrogens with zero attached hydrogens (tertiary/aromatic N) is 2. The Morgan fingerprint density at radius 3 is 2.41 bits per heavy atom. The van der Waals surface area contributed by atoms with Gasteiger partial charge in [-0.1, -0.05) is 12.1 Å². The molecule has 1 saturated heterocycles. The summed E-state index contributed by atoms with van der Waals surface area (Å²) in [5.74, 6) is 0.365. The maximum Gasteiger partial charge on any atom is 0.254 e. The Balaban J connectivity index is 1.65. The van der Waals surface area contributed by atoms with Crippen molar-refractivity contribution in [3.8, 4) is 5.75 Å². The number of benzene rings is 2. The van der Waals surface area contributed by atoms with E-state index in [0.29, 0.717) is 13.1 Å². The number of anilines is 1. The molecule has 1 aliphatic rings. The number of phenolic OH excluding ortho intramolecular Hbond substituents is 1. The summed E-state index contributed by atoms with van der Waals surface area (Å²) in [4.78, 5) is 16.6. The van der Waals surface area contributed by atoms with Crippen LogP contribution in [-0.4, -0.2) is 42.1 Å². The second kappa shape index (κ2) is 6.56. The molecule has 1 N–H and O–H groups in total. The predicted octanol–water partition coefficient (Wildman–Crippen LogP) is 2.96. The van der Waals surface area contributed by atoms with Crippen LogP contribution >= 0.6 is 22.6 Å². The Kier molecular flexibility index (Phi) is 4.52. The van der Waals surface area contributed by atoms with E-state index in [4.69, 9.17) is 0 Å². The number of carbonyl (C=O) groups is 1. The summed E-state index contributed by atoms with van der Waals surface area (Å²) in [7, 11) is 0. The Bertz CT molecular complexity index is 682. The van der Waals surface area contributed by atoms with Gasteiger partial charge in [0.1, 0.15) is 5.75 Å². The fraction of sp³-hybridized carbons (Fsp3) is 0.235. The van der Waals surface area contributed by atoms with E-state index in [1.54, 1.807) is 12.1 Å². The van der Waals surface area contributed by atoms with Crippen molar-refractivity contribution in [2.45, 2.75) is 0 Å². The number of hydrogen-bond donors (Lipinski definition) is 1. The predicted molar refractivity (Wildman–Crippen MR) is 95.4 cm³/mol. The normalized spacial score (nSPS) is 15.0. The highest BCUT2D eigenvalue weighted by Crippen LogP contribution is 2.22. The molecular weight excluding hydrogens is 391 g/mol. The van der Waals surface area contributed by atoms with E-state index >= 15 is 0 Å². The SMILES string of the molecule is O=C(c1cccc(I)c1)N1CCN(c2cccc(O)c2)CC1. The Hall–Kier alpha value is -1.76. The molecule has 5 heteroatoms. The zero-order valence-corrected chi connectivity index (χ0v) is 14.2. The van der Waals surface area contributed by atoms with Crippen molar-refractivity contribution in [3.05, 3.63) is 57.7 Å². The smallest absolute Gasteiger partial charge is 0.254 e. The fourth-order valence-corrected chi connectivity index (χ4v) is 3.20. The maximum absolute atomic E-state index is 12.5. The molecule has 0 unspecified atom stereocenters. The van der Waals surface area contributed by atoms with Gasteiger partial charge < -0.3 is 14.9 Å². The molecule has 2 aromatic carbocycles. The van der Waals surface area contributed by atoms with E-state index in [1.165, 1.54) is 0 Å². The van der Waals surface area contributed by atoms with Crippen molar-refractivity contribution in [1.82, 2.24) is 4.90 Å². The molecule has 1 aliphatic heterocycles. The molecule has 0 aromatic heterocycles. The van der Waals surface area contributed by atoms with Crippen molar-refractivity contribution >= 4 is 34.2 Å². The lowest BCUT2D eigenvalue weighted by molar-refractivity contribution is 0.0746. The molecule has 1 fully saturated rings. The highest BCUT2D eigenvalue weighted by atomic mass is 127. The van der Waals surface area contributed by atoms with Gasteiger partial charge in [-0.05, 0) is 52.9 Å². The first-order valence-electron chi connectivity index (χ1n) is 7.22. The molecule has 4 nitrogen and oxygen atoms in total. The first-order chi connectivity index (χ1) is 10.6. The number of phenols is 1. The van der Waals surface area contributed by atoms with Gasteiger partial charge in [0.25, 0.3) is 5.91 Å². The van der Waals surface area contributed by atoms with Crippen LogP contribution in [0.3, 0.4) is 0 Å². The minimum absolute atomic E-state index is 0.0917. The van der Waals surface area contributed by atoms with Crippen LogP contribution in [0.5, 0.6) is 5.75 Å². The lowest BCUT2D eigenvalue weighted by atomic mass is 10.1. The topological polar surface area (TPSA) is 43.8 Å². The van der Waals surface area contributed by atoms with Gasteiger partial charge in [-0.3, -0.25) is 4.79 Å². The first-order valence-corrected chi connectivity index (χ1v) is 8.30. The van der Waals surface area contributed by atoms with Gasteiger partial charge in [-0.25, -0.2) is 0 Å². The average molecular weight is 408 g/mol. The number of piperazine rings is 1. The van der Waals surface area contributed by atoms with Crippen LogP contribution in [0.2, 0.25) is 0 Å². The molecule has 1 heterocycles. The molecule has 22 heavy (non-hydrogen) atoms. The Morgan fingerprint density at radius 2 is 1.73 bits per heavy atom. The highest BCUT2D eigenvalue weighted by Gasteiger charge is 2.22. The number of hydrogen-bond acceptors (Lipinski definition) is 3. The van der Waals surface area contributed by atoms with E-state index in [-0.39, 0.29) is 11.7 Å². The second-order valence-electron chi connectivity index (χ2n) is 5.31.